The first-order chi connectivity index (χ1) is 14.4. The summed E-state index contributed by atoms with van der Waals surface area (Å²) in [5.41, 5.74) is 6.77. The summed E-state index contributed by atoms with van der Waals surface area (Å²) in [5.74, 6) is 0.729. The Bertz CT molecular complexity index is 1070. The predicted octanol–water partition coefficient (Wildman–Crippen LogP) is 5.94. The summed E-state index contributed by atoms with van der Waals surface area (Å²) < 4.78 is 0. The molecule has 5 rings (SSSR count). The first kappa shape index (κ1) is 18.2. The van der Waals surface area contributed by atoms with Gasteiger partial charge in [-0.3, -0.25) is 0 Å². The molecule has 3 aromatic carbocycles. The quantitative estimate of drug-likeness (QED) is 0.438. The molecule has 1 aromatic heterocycles. The molecular formula is C27H28N2. The maximum atomic E-state index is 3.70. The lowest BCUT2D eigenvalue weighted by molar-refractivity contribution is 0.328. The van der Waals surface area contributed by atoms with Crippen LogP contribution in [-0.4, -0.2) is 29.5 Å². The molecule has 1 unspecified atom stereocenters. The highest BCUT2D eigenvalue weighted by molar-refractivity contribution is 5.90. The molecule has 0 aliphatic carbocycles. The van der Waals surface area contributed by atoms with Gasteiger partial charge >= 0.3 is 0 Å². The van der Waals surface area contributed by atoms with Crippen molar-refractivity contribution in [1.82, 2.24) is 9.88 Å². The number of fused-ring (bicyclic) bond motifs is 1. The van der Waals surface area contributed by atoms with Gasteiger partial charge in [0.1, 0.15) is 0 Å². The van der Waals surface area contributed by atoms with Crippen molar-refractivity contribution < 1.29 is 0 Å². The lowest BCUT2D eigenvalue weighted by Crippen LogP contribution is -2.23. The number of benzene rings is 3. The number of para-hydroxylation sites is 1. The van der Waals surface area contributed by atoms with Crippen LogP contribution in [0.2, 0.25) is 0 Å². The third-order valence-corrected chi connectivity index (χ3v) is 6.30. The smallest absolute Gasteiger partial charge is 0.0497 e. The first-order valence-electron chi connectivity index (χ1n) is 10.8. The molecule has 2 heterocycles. The Hall–Kier alpha value is -2.84. The normalized spacial score (nSPS) is 17.2. The van der Waals surface area contributed by atoms with Crippen LogP contribution in [0.4, 0.5) is 0 Å². The molecule has 0 bridgehead atoms. The molecule has 1 saturated heterocycles. The van der Waals surface area contributed by atoms with E-state index < -0.39 is 0 Å². The summed E-state index contributed by atoms with van der Waals surface area (Å²) >= 11 is 0. The Balaban J connectivity index is 1.33. The fourth-order valence-electron chi connectivity index (χ4n) is 4.77. The summed E-state index contributed by atoms with van der Waals surface area (Å²) in [6.07, 6.45) is 3.59. The van der Waals surface area contributed by atoms with E-state index in [9.17, 15) is 0 Å². The Morgan fingerprint density at radius 1 is 0.828 bits per heavy atom. The summed E-state index contributed by atoms with van der Waals surface area (Å²) in [4.78, 5) is 6.35. The zero-order valence-electron chi connectivity index (χ0n) is 16.9. The number of nitrogens with zero attached hydrogens (tertiary/aromatic N) is 1. The SMILES string of the molecule is c1ccc(CCN2CCC(Cc3c(-c4ccccc4)[nH]c4ccccc34)C2)cc1. The van der Waals surface area contributed by atoms with Crippen LogP contribution in [-0.2, 0) is 12.8 Å². The molecule has 146 valence electrons. The van der Waals surface area contributed by atoms with Crippen molar-refractivity contribution in [2.24, 2.45) is 5.92 Å². The molecule has 1 fully saturated rings. The largest absolute Gasteiger partial charge is 0.354 e. The van der Waals surface area contributed by atoms with E-state index in [4.69, 9.17) is 0 Å². The van der Waals surface area contributed by atoms with Crippen LogP contribution in [0.1, 0.15) is 17.5 Å². The first-order valence-corrected chi connectivity index (χ1v) is 10.8. The van der Waals surface area contributed by atoms with Gasteiger partial charge in [0.05, 0.1) is 0 Å². The van der Waals surface area contributed by atoms with Crippen molar-refractivity contribution in [3.05, 3.63) is 96.1 Å². The van der Waals surface area contributed by atoms with Crippen molar-refractivity contribution in [1.29, 1.82) is 0 Å². The Morgan fingerprint density at radius 2 is 1.55 bits per heavy atom. The molecule has 2 nitrogen and oxygen atoms in total. The van der Waals surface area contributed by atoms with Gasteiger partial charge in [-0.1, -0.05) is 78.9 Å². The molecule has 2 heteroatoms. The average molecular weight is 381 g/mol. The van der Waals surface area contributed by atoms with Crippen molar-refractivity contribution in [3.8, 4) is 11.3 Å². The van der Waals surface area contributed by atoms with Crippen LogP contribution in [0, 0.1) is 5.92 Å². The van der Waals surface area contributed by atoms with Gasteiger partial charge in [-0.25, -0.2) is 0 Å². The molecule has 29 heavy (non-hydrogen) atoms. The molecular weight excluding hydrogens is 352 g/mol. The Kier molecular flexibility index (Phi) is 5.19. The molecule has 1 aliphatic heterocycles. The van der Waals surface area contributed by atoms with E-state index in [1.807, 2.05) is 0 Å². The van der Waals surface area contributed by atoms with Gasteiger partial charge in [0.15, 0.2) is 0 Å². The number of nitrogens with one attached hydrogen (secondary N) is 1. The molecule has 0 spiro atoms. The highest BCUT2D eigenvalue weighted by Gasteiger charge is 2.25. The van der Waals surface area contributed by atoms with E-state index in [0.29, 0.717) is 0 Å². The molecule has 1 atom stereocenters. The van der Waals surface area contributed by atoms with E-state index in [1.165, 1.54) is 59.3 Å². The minimum absolute atomic E-state index is 0.729. The average Bonchev–Trinajstić information content (AvgIpc) is 3.39. The van der Waals surface area contributed by atoms with Gasteiger partial charge in [-0.05, 0) is 54.5 Å². The van der Waals surface area contributed by atoms with E-state index in [0.717, 1.165) is 18.8 Å². The van der Waals surface area contributed by atoms with Gasteiger partial charge in [0.25, 0.3) is 0 Å². The van der Waals surface area contributed by atoms with Crippen LogP contribution < -0.4 is 0 Å². The number of aromatic nitrogens is 1. The minimum atomic E-state index is 0.729. The van der Waals surface area contributed by atoms with Crippen molar-refractivity contribution >= 4 is 10.9 Å². The molecule has 1 N–H and O–H groups in total. The van der Waals surface area contributed by atoms with E-state index in [-0.39, 0.29) is 0 Å². The second kappa shape index (κ2) is 8.26. The highest BCUT2D eigenvalue weighted by Crippen LogP contribution is 2.34. The van der Waals surface area contributed by atoms with Crippen molar-refractivity contribution in [2.75, 3.05) is 19.6 Å². The van der Waals surface area contributed by atoms with Crippen molar-refractivity contribution in [2.45, 2.75) is 19.3 Å². The number of rotatable bonds is 6. The van der Waals surface area contributed by atoms with Crippen molar-refractivity contribution in [3.63, 3.8) is 0 Å². The van der Waals surface area contributed by atoms with Gasteiger partial charge < -0.3 is 9.88 Å². The lowest BCUT2D eigenvalue weighted by Gasteiger charge is -2.16. The fraction of sp³-hybridized carbons (Fsp3) is 0.259. The van der Waals surface area contributed by atoms with E-state index in [1.54, 1.807) is 0 Å². The second-order valence-electron chi connectivity index (χ2n) is 8.29. The fourth-order valence-corrected chi connectivity index (χ4v) is 4.77. The third kappa shape index (κ3) is 3.99. The predicted molar refractivity (Wildman–Crippen MR) is 122 cm³/mol. The van der Waals surface area contributed by atoms with Gasteiger partial charge in [-0.15, -0.1) is 0 Å². The molecule has 0 amide bonds. The number of aromatic amines is 1. The number of likely N-dealkylation sites (tertiary alicyclic amines) is 1. The number of H-pyrrole nitrogens is 1. The topological polar surface area (TPSA) is 19.0 Å². The third-order valence-electron chi connectivity index (χ3n) is 6.30. The summed E-state index contributed by atoms with van der Waals surface area (Å²) in [6.45, 7) is 3.60. The standard InChI is InChI=1S/C27H28N2/c1-3-9-21(10-4-1)15-17-29-18-16-22(20-29)19-25-24-13-7-8-14-26(24)28-27(25)23-11-5-2-6-12-23/h1-14,22,28H,15-20H2. The molecule has 0 radical (unpaired) electrons. The Labute approximate surface area is 173 Å². The van der Waals surface area contributed by atoms with Gasteiger partial charge in [0.2, 0.25) is 0 Å². The van der Waals surface area contributed by atoms with Gasteiger partial charge in [-0.2, -0.15) is 0 Å². The zero-order chi connectivity index (χ0) is 19.5. The molecule has 0 saturated carbocycles. The van der Waals surface area contributed by atoms with Crippen LogP contribution in [0.15, 0.2) is 84.9 Å². The number of hydrogen-bond donors (Lipinski definition) is 1. The maximum absolute atomic E-state index is 3.70. The summed E-state index contributed by atoms with van der Waals surface area (Å²) in [5, 5.41) is 1.38. The number of hydrogen-bond acceptors (Lipinski definition) is 1. The zero-order valence-corrected chi connectivity index (χ0v) is 16.9. The highest BCUT2D eigenvalue weighted by atomic mass is 15.1. The lowest BCUT2D eigenvalue weighted by atomic mass is 9.94. The maximum Gasteiger partial charge on any atom is 0.0497 e. The van der Waals surface area contributed by atoms with E-state index >= 15 is 0 Å². The Morgan fingerprint density at radius 3 is 2.38 bits per heavy atom. The molecule has 4 aromatic rings. The summed E-state index contributed by atoms with van der Waals surface area (Å²) in [7, 11) is 0. The van der Waals surface area contributed by atoms with Crippen LogP contribution in [0.5, 0.6) is 0 Å². The summed E-state index contributed by atoms with van der Waals surface area (Å²) in [6, 6.07) is 30.4. The van der Waals surface area contributed by atoms with Crippen LogP contribution in [0.25, 0.3) is 22.2 Å². The molecule has 1 aliphatic rings. The van der Waals surface area contributed by atoms with Crippen LogP contribution in [0.3, 0.4) is 0 Å². The second-order valence-corrected chi connectivity index (χ2v) is 8.29. The van der Waals surface area contributed by atoms with Crippen LogP contribution >= 0.6 is 0 Å². The van der Waals surface area contributed by atoms with Gasteiger partial charge in [0, 0.05) is 29.7 Å². The monoisotopic (exact) mass is 380 g/mol. The van der Waals surface area contributed by atoms with E-state index in [2.05, 4.69) is 94.8 Å². The minimum Gasteiger partial charge on any atom is -0.354 e.